The fourth-order valence-electron chi connectivity index (χ4n) is 3.97. The van der Waals surface area contributed by atoms with Gasteiger partial charge in [-0.05, 0) is 92.6 Å². The first kappa shape index (κ1) is 29.6. The number of carbonyl (C=O) groups is 3. The molecule has 0 bridgehead atoms. The van der Waals surface area contributed by atoms with Gasteiger partial charge in [0.15, 0.2) is 0 Å². The number of nitrogens with one attached hydrogen (secondary N) is 3. The molecule has 0 aliphatic carbocycles. The molecular formula is C33H30ClN3O3S. The number of amides is 3. The summed E-state index contributed by atoms with van der Waals surface area (Å²) in [4.78, 5) is 39.7. The van der Waals surface area contributed by atoms with Gasteiger partial charge in [-0.15, -0.1) is 11.8 Å². The van der Waals surface area contributed by atoms with E-state index in [9.17, 15) is 14.4 Å². The summed E-state index contributed by atoms with van der Waals surface area (Å²) < 4.78 is 0. The minimum absolute atomic E-state index is 0.0660. The van der Waals surface area contributed by atoms with Crippen LogP contribution in [0.4, 0.5) is 11.4 Å². The van der Waals surface area contributed by atoms with Crippen molar-refractivity contribution in [3.8, 4) is 0 Å². The van der Waals surface area contributed by atoms with Crippen LogP contribution >= 0.6 is 23.4 Å². The van der Waals surface area contributed by atoms with Crippen LogP contribution in [-0.4, -0.2) is 23.0 Å². The van der Waals surface area contributed by atoms with Crippen LogP contribution in [0, 0.1) is 13.8 Å². The van der Waals surface area contributed by atoms with Gasteiger partial charge in [0.05, 0.1) is 5.25 Å². The molecule has 6 nitrogen and oxygen atoms in total. The molecule has 4 aromatic carbocycles. The Morgan fingerprint density at radius 3 is 2.24 bits per heavy atom. The molecule has 4 rings (SSSR count). The number of aryl methyl sites for hydroxylation is 2. The summed E-state index contributed by atoms with van der Waals surface area (Å²) in [7, 11) is 0. The van der Waals surface area contributed by atoms with Crippen molar-refractivity contribution in [1.29, 1.82) is 0 Å². The van der Waals surface area contributed by atoms with Crippen LogP contribution in [-0.2, 0) is 9.59 Å². The molecule has 0 radical (unpaired) electrons. The van der Waals surface area contributed by atoms with E-state index in [1.165, 1.54) is 11.8 Å². The van der Waals surface area contributed by atoms with Gasteiger partial charge in [-0.25, -0.2) is 0 Å². The van der Waals surface area contributed by atoms with Crippen molar-refractivity contribution < 1.29 is 14.4 Å². The Balaban J connectivity index is 1.43. The van der Waals surface area contributed by atoms with E-state index < -0.39 is 11.8 Å². The molecule has 3 amide bonds. The molecule has 4 aromatic rings. The predicted molar refractivity (Wildman–Crippen MR) is 168 cm³/mol. The average Bonchev–Trinajstić information content (AvgIpc) is 2.95. The Morgan fingerprint density at radius 2 is 1.56 bits per heavy atom. The van der Waals surface area contributed by atoms with Crippen LogP contribution in [0.1, 0.15) is 34.0 Å². The topological polar surface area (TPSA) is 87.3 Å². The largest absolute Gasteiger partial charge is 0.325 e. The lowest BCUT2D eigenvalue weighted by Crippen LogP contribution is -2.30. The second-order valence-corrected chi connectivity index (χ2v) is 11.3. The standard InChI is InChI=1S/C33H30ClN3O3S/c1-21-12-17-29(22(2)18-21)36-31(38)23(3)41-28-15-13-27(14-16-28)35-33(40)30(20-24-8-7-11-26(34)19-24)37-32(39)25-9-5-4-6-10-25/h4-20,23H,1-3H3,(H,35,40)(H,36,38)(H,37,39)/b30-20-. The van der Waals surface area contributed by atoms with Gasteiger partial charge >= 0.3 is 0 Å². The van der Waals surface area contributed by atoms with Crippen LogP contribution in [0.2, 0.25) is 5.02 Å². The van der Waals surface area contributed by atoms with Crippen LogP contribution in [0.15, 0.2) is 108 Å². The zero-order chi connectivity index (χ0) is 29.4. The van der Waals surface area contributed by atoms with E-state index in [0.717, 1.165) is 21.7 Å². The van der Waals surface area contributed by atoms with Crippen LogP contribution in [0.5, 0.6) is 0 Å². The minimum atomic E-state index is -0.490. The number of thioether (sulfide) groups is 1. The van der Waals surface area contributed by atoms with Crippen molar-refractivity contribution in [1.82, 2.24) is 5.32 Å². The molecule has 0 saturated heterocycles. The molecule has 3 N–H and O–H groups in total. The van der Waals surface area contributed by atoms with Gasteiger partial charge in [-0.3, -0.25) is 14.4 Å². The molecule has 0 aromatic heterocycles. The fraction of sp³-hybridized carbons (Fsp3) is 0.121. The number of benzene rings is 4. The maximum absolute atomic E-state index is 13.3. The molecular weight excluding hydrogens is 554 g/mol. The number of anilines is 2. The van der Waals surface area contributed by atoms with Gasteiger partial charge in [0, 0.05) is 26.9 Å². The Hall–Kier alpha value is -4.33. The SMILES string of the molecule is Cc1ccc(NC(=O)C(C)Sc2ccc(NC(=O)/C(=C/c3cccc(Cl)c3)NC(=O)c3ccccc3)cc2)c(C)c1. The summed E-state index contributed by atoms with van der Waals surface area (Å²) in [6.45, 7) is 5.83. The number of carbonyl (C=O) groups excluding carboxylic acids is 3. The van der Waals surface area contributed by atoms with E-state index in [1.54, 1.807) is 66.7 Å². The Morgan fingerprint density at radius 1 is 0.829 bits per heavy atom. The van der Waals surface area contributed by atoms with Gasteiger partial charge in [-0.2, -0.15) is 0 Å². The van der Waals surface area contributed by atoms with Crippen molar-refractivity contribution in [3.63, 3.8) is 0 Å². The van der Waals surface area contributed by atoms with Gasteiger partial charge in [0.1, 0.15) is 5.70 Å². The first-order chi connectivity index (χ1) is 19.7. The van der Waals surface area contributed by atoms with Crippen LogP contribution in [0.25, 0.3) is 6.08 Å². The second-order valence-electron chi connectivity index (χ2n) is 9.48. The number of halogens is 1. The van der Waals surface area contributed by atoms with Gasteiger partial charge in [0.2, 0.25) is 5.91 Å². The molecule has 0 saturated carbocycles. The summed E-state index contributed by atoms with van der Waals surface area (Å²) in [5.74, 6) is -0.992. The lowest BCUT2D eigenvalue weighted by Gasteiger charge is -2.15. The molecule has 41 heavy (non-hydrogen) atoms. The van der Waals surface area contributed by atoms with E-state index in [0.29, 0.717) is 21.8 Å². The van der Waals surface area contributed by atoms with Crippen LogP contribution in [0.3, 0.4) is 0 Å². The summed E-state index contributed by atoms with van der Waals surface area (Å²) >= 11 is 7.54. The van der Waals surface area contributed by atoms with Gasteiger partial charge in [-0.1, -0.05) is 59.6 Å². The first-order valence-corrected chi connectivity index (χ1v) is 14.2. The maximum atomic E-state index is 13.3. The highest BCUT2D eigenvalue weighted by Crippen LogP contribution is 2.26. The van der Waals surface area contributed by atoms with Gasteiger partial charge < -0.3 is 16.0 Å². The van der Waals surface area contributed by atoms with E-state index >= 15 is 0 Å². The third-order valence-electron chi connectivity index (χ3n) is 6.12. The molecule has 0 spiro atoms. The van der Waals surface area contributed by atoms with Crippen molar-refractivity contribution >= 4 is 58.5 Å². The van der Waals surface area contributed by atoms with E-state index in [1.807, 2.05) is 57.2 Å². The quantitative estimate of drug-likeness (QED) is 0.141. The number of hydrogen-bond donors (Lipinski definition) is 3. The monoisotopic (exact) mass is 583 g/mol. The van der Waals surface area contributed by atoms with Crippen LogP contribution < -0.4 is 16.0 Å². The second kappa shape index (κ2) is 13.8. The maximum Gasteiger partial charge on any atom is 0.272 e. The highest BCUT2D eigenvalue weighted by atomic mass is 35.5. The summed E-state index contributed by atoms with van der Waals surface area (Å²) in [6, 6.07) is 28.7. The normalized spacial score (nSPS) is 11.9. The lowest BCUT2D eigenvalue weighted by molar-refractivity contribution is -0.115. The number of hydrogen-bond acceptors (Lipinski definition) is 4. The third-order valence-corrected chi connectivity index (χ3v) is 7.47. The summed E-state index contributed by atoms with van der Waals surface area (Å²) in [5, 5.41) is 8.72. The van der Waals surface area contributed by atoms with Crippen molar-refractivity contribution in [3.05, 3.63) is 130 Å². The Kier molecular flexibility index (Phi) is 10.0. The van der Waals surface area contributed by atoms with E-state index in [-0.39, 0.29) is 16.9 Å². The summed E-state index contributed by atoms with van der Waals surface area (Å²) in [6.07, 6.45) is 1.57. The highest BCUT2D eigenvalue weighted by molar-refractivity contribution is 8.00. The van der Waals surface area contributed by atoms with E-state index in [4.69, 9.17) is 11.6 Å². The molecule has 0 fully saturated rings. The molecule has 8 heteroatoms. The zero-order valence-electron chi connectivity index (χ0n) is 22.9. The average molecular weight is 584 g/mol. The van der Waals surface area contributed by atoms with Crippen molar-refractivity contribution in [2.24, 2.45) is 0 Å². The van der Waals surface area contributed by atoms with E-state index in [2.05, 4.69) is 16.0 Å². The van der Waals surface area contributed by atoms with Crippen molar-refractivity contribution in [2.45, 2.75) is 30.9 Å². The van der Waals surface area contributed by atoms with Crippen molar-refractivity contribution in [2.75, 3.05) is 10.6 Å². The predicted octanol–water partition coefficient (Wildman–Crippen LogP) is 7.49. The molecule has 0 aliphatic rings. The molecule has 0 aliphatic heterocycles. The zero-order valence-corrected chi connectivity index (χ0v) is 24.5. The molecule has 0 heterocycles. The fourth-order valence-corrected chi connectivity index (χ4v) is 5.03. The lowest BCUT2D eigenvalue weighted by atomic mass is 10.1. The smallest absolute Gasteiger partial charge is 0.272 e. The van der Waals surface area contributed by atoms with Gasteiger partial charge in [0.25, 0.3) is 11.8 Å². The highest BCUT2D eigenvalue weighted by Gasteiger charge is 2.17. The molecule has 1 unspecified atom stereocenters. The number of rotatable bonds is 9. The summed E-state index contributed by atoms with van der Waals surface area (Å²) in [5.41, 5.74) is 4.64. The molecule has 208 valence electrons. The molecule has 1 atom stereocenters. The first-order valence-electron chi connectivity index (χ1n) is 13.0. The minimum Gasteiger partial charge on any atom is -0.325 e. The third kappa shape index (κ3) is 8.58. The Labute approximate surface area is 249 Å². The Bertz CT molecular complexity index is 1590.